The monoisotopic (exact) mass is 358 g/mol. The zero-order valence-electron chi connectivity index (χ0n) is 13.1. The van der Waals surface area contributed by atoms with Gasteiger partial charge in [-0.2, -0.15) is 0 Å². The van der Waals surface area contributed by atoms with Gasteiger partial charge in [0.25, 0.3) is 5.56 Å². The SMILES string of the molecule is O=C(OCc1cc(=O)n2cc(Cl)ccc2n1)C(CO)c1ccccc1. The highest BCUT2D eigenvalue weighted by Gasteiger charge is 2.21. The summed E-state index contributed by atoms with van der Waals surface area (Å²) in [5.41, 5.74) is 1.08. The molecule has 0 saturated heterocycles. The van der Waals surface area contributed by atoms with Crippen LogP contribution in [0.4, 0.5) is 0 Å². The highest BCUT2D eigenvalue weighted by Crippen LogP contribution is 2.17. The number of aliphatic hydroxyl groups is 1. The fraction of sp³-hybridized carbons (Fsp3) is 0.167. The number of fused-ring (bicyclic) bond motifs is 1. The topological polar surface area (TPSA) is 80.9 Å². The summed E-state index contributed by atoms with van der Waals surface area (Å²) in [6, 6.07) is 13.4. The van der Waals surface area contributed by atoms with Gasteiger partial charge >= 0.3 is 5.97 Å². The van der Waals surface area contributed by atoms with E-state index in [9.17, 15) is 14.7 Å². The van der Waals surface area contributed by atoms with Gasteiger partial charge in [0, 0.05) is 12.3 Å². The van der Waals surface area contributed by atoms with Crippen molar-refractivity contribution in [1.29, 1.82) is 0 Å². The fourth-order valence-electron chi connectivity index (χ4n) is 2.45. The number of pyridine rings is 1. The molecule has 25 heavy (non-hydrogen) atoms. The van der Waals surface area contributed by atoms with Crippen molar-refractivity contribution in [1.82, 2.24) is 9.38 Å². The van der Waals surface area contributed by atoms with E-state index in [1.165, 1.54) is 16.7 Å². The third-order valence-corrected chi connectivity index (χ3v) is 3.93. The number of halogens is 1. The Hall–Kier alpha value is -2.70. The number of carbonyl (C=O) groups is 1. The number of benzene rings is 1. The molecule has 0 amide bonds. The van der Waals surface area contributed by atoms with E-state index in [1.54, 1.807) is 36.4 Å². The van der Waals surface area contributed by atoms with E-state index in [4.69, 9.17) is 16.3 Å². The first-order valence-corrected chi connectivity index (χ1v) is 7.96. The minimum absolute atomic E-state index is 0.156. The molecule has 0 fully saturated rings. The van der Waals surface area contributed by atoms with Gasteiger partial charge < -0.3 is 9.84 Å². The molecule has 0 spiro atoms. The minimum atomic E-state index is -0.776. The lowest BCUT2D eigenvalue weighted by atomic mass is 10.0. The second kappa shape index (κ2) is 7.46. The highest BCUT2D eigenvalue weighted by atomic mass is 35.5. The molecule has 2 heterocycles. The van der Waals surface area contributed by atoms with Crippen LogP contribution < -0.4 is 5.56 Å². The Balaban J connectivity index is 1.77. The molecule has 0 bridgehead atoms. The Morgan fingerprint density at radius 2 is 2.00 bits per heavy atom. The lowest BCUT2D eigenvalue weighted by Gasteiger charge is -2.14. The number of aromatic nitrogens is 2. The van der Waals surface area contributed by atoms with Crippen LogP contribution in [0, 0.1) is 0 Å². The molecule has 1 N–H and O–H groups in total. The predicted molar refractivity (Wildman–Crippen MR) is 92.5 cm³/mol. The van der Waals surface area contributed by atoms with Gasteiger partial charge in [0.05, 0.1) is 17.3 Å². The zero-order chi connectivity index (χ0) is 17.8. The Bertz CT molecular complexity index is 956. The van der Waals surface area contributed by atoms with Crippen molar-refractivity contribution in [2.75, 3.05) is 6.61 Å². The summed E-state index contributed by atoms with van der Waals surface area (Å²) in [7, 11) is 0. The van der Waals surface area contributed by atoms with Crippen LogP contribution in [0.3, 0.4) is 0 Å². The molecule has 2 aromatic heterocycles. The number of hydrogen-bond donors (Lipinski definition) is 1. The lowest BCUT2D eigenvalue weighted by Crippen LogP contribution is -2.21. The molecule has 1 aromatic carbocycles. The molecule has 1 unspecified atom stereocenters. The van der Waals surface area contributed by atoms with Gasteiger partial charge in [-0.25, -0.2) is 4.98 Å². The van der Waals surface area contributed by atoms with Gasteiger partial charge in [-0.3, -0.25) is 14.0 Å². The largest absolute Gasteiger partial charge is 0.459 e. The van der Waals surface area contributed by atoms with Crippen LogP contribution in [-0.2, 0) is 16.1 Å². The first-order chi connectivity index (χ1) is 12.1. The van der Waals surface area contributed by atoms with Crippen molar-refractivity contribution in [3.63, 3.8) is 0 Å². The van der Waals surface area contributed by atoms with Crippen LogP contribution in [0.2, 0.25) is 5.02 Å². The van der Waals surface area contributed by atoms with Crippen molar-refractivity contribution >= 4 is 23.2 Å². The van der Waals surface area contributed by atoms with Crippen molar-refractivity contribution < 1.29 is 14.6 Å². The van der Waals surface area contributed by atoms with E-state index in [2.05, 4.69) is 4.98 Å². The maximum atomic E-state index is 12.2. The van der Waals surface area contributed by atoms with Crippen LogP contribution in [-0.4, -0.2) is 27.1 Å². The zero-order valence-corrected chi connectivity index (χ0v) is 13.9. The van der Waals surface area contributed by atoms with Crippen LogP contribution >= 0.6 is 11.6 Å². The third kappa shape index (κ3) is 3.87. The molecule has 0 aliphatic rings. The molecule has 128 valence electrons. The molecule has 6 nitrogen and oxygen atoms in total. The summed E-state index contributed by atoms with van der Waals surface area (Å²) in [6.07, 6.45) is 1.47. The number of carbonyl (C=O) groups excluding carboxylic acids is 1. The molecule has 0 aliphatic heterocycles. The maximum absolute atomic E-state index is 12.2. The molecule has 3 aromatic rings. The van der Waals surface area contributed by atoms with E-state index < -0.39 is 11.9 Å². The average Bonchev–Trinajstić information content (AvgIpc) is 2.62. The van der Waals surface area contributed by atoms with E-state index >= 15 is 0 Å². The molecular formula is C18H15ClN2O4. The normalized spacial score (nSPS) is 12.1. The smallest absolute Gasteiger partial charge is 0.316 e. The van der Waals surface area contributed by atoms with Crippen LogP contribution in [0.5, 0.6) is 0 Å². The standard InChI is InChI=1S/C18H15ClN2O4/c19-13-6-7-16-20-14(8-17(23)21(16)9-13)11-25-18(24)15(10-22)12-4-2-1-3-5-12/h1-9,15,22H,10-11H2. The van der Waals surface area contributed by atoms with Crippen molar-refractivity contribution in [2.24, 2.45) is 0 Å². The average molecular weight is 359 g/mol. The Morgan fingerprint density at radius 3 is 2.72 bits per heavy atom. The van der Waals surface area contributed by atoms with Crippen LogP contribution in [0.1, 0.15) is 17.2 Å². The minimum Gasteiger partial charge on any atom is -0.459 e. The number of hydrogen-bond acceptors (Lipinski definition) is 5. The van der Waals surface area contributed by atoms with E-state index in [0.29, 0.717) is 21.9 Å². The molecule has 7 heteroatoms. The summed E-state index contributed by atoms with van der Waals surface area (Å²) in [6.45, 7) is -0.522. The Kier molecular flexibility index (Phi) is 5.11. The quantitative estimate of drug-likeness (QED) is 0.707. The van der Waals surface area contributed by atoms with Gasteiger partial charge in [0.2, 0.25) is 0 Å². The molecule has 1 atom stereocenters. The second-order valence-corrected chi connectivity index (χ2v) is 5.85. The second-order valence-electron chi connectivity index (χ2n) is 5.41. The summed E-state index contributed by atoms with van der Waals surface area (Å²) < 4.78 is 6.54. The van der Waals surface area contributed by atoms with Gasteiger partial charge in [-0.15, -0.1) is 0 Å². The maximum Gasteiger partial charge on any atom is 0.316 e. The van der Waals surface area contributed by atoms with E-state index in [1.807, 2.05) is 6.07 Å². The lowest BCUT2D eigenvalue weighted by molar-refractivity contribution is -0.147. The van der Waals surface area contributed by atoms with E-state index in [-0.39, 0.29) is 18.8 Å². The number of ether oxygens (including phenoxy) is 1. The third-order valence-electron chi connectivity index (χ3n) is 3.71. The van der Waals surface area contributed by atoms with Crippen molar-refractivity contribution in [2.45, 2.75) is 12.5 Å². The molecule has 0 aliphatic carbocycles. The first-order valence-electron chi connectivity index (χ1n) is 7.59. The molecular weight excluding hydrogens is 344 g/mol. The van der Waals surface area contributed by atoms with Gasteiger partial charge in [0.15, 0.2) is 0 Å². The number of aliphatic hydroxyl groups excluding tert-OH is 1. The van der Waals surface area contributed by atoms with Gasteiger partial charge in [-0.05, 0) is 17.7 Å². The fourth-order valence-corrected chi connectivity index (χ4v) is 2.61. The summed E-state index contributed by atoms with van der Waals surface area (Å²) >= 11 is 5.86. The predicted octanol–water partition coefficient (Wildman–Crippen LogP) is 2.17. The Labute approximate surface area is 148 Å². The highest BCUT2D eigenvalue weighted by molar-refractivity contribution is 6.30. The van der Waals surface area contributed by atoms with Crippen molar-refractivity contribution in [3.8, 4) is 0 Å². The molecule has 0 radical (unpaired) electrons. The van der Waals surface area contributed by atoms with E-state index in [0.717, 1.165) is 0 Å². The number of nitrogens with zero attached hydrogens (tertiary/aromatic N) is 2. The van der Waals surface area contributed by atoms with Gasteiger partial charge in [-0.1, -0.05) is 41.9 Å². The first kappa shape index (κ1) is 17.1. The summed E-state index contributed by atoms with van der Waals surface area (Å²) in [4.78, 5) is 28.6. The van der Waals surface area contributed by atoms with Gasteiger partial charge in [0.1, 0.15) is 18.2 Å². The summed E-state index contributed by atoms with van der Waals surface area (Å²) in [5, 5.41) is 9.90. The summed E-state index contributed by atoms with van der Waals surface area (Å²) in [5.74, 6) is -1.35. The van der Waals surface area contributed by atoms with Crippen molar-refractivity contribution in [3.05, 3.63) is 81.4 Å². The number of esters is 1. The Morgan fingerprint density at radius 1 is 1.24 bits per heavy atom. The van der Waals surface area contributed by atoms with Crippen LogP contribution in [0.25, 0.3) is 5.65 Å². The number of rotatable bonds is 5. The molecule has 0 saturated carbocycles. The van der Waals surface area contributed by atoms with Crippen LogP contribution in [0.15, 0.2) is 59.5 Å². The molecule has 3 rings (SSSR count).